The fraction of sp³-hybridized carbons (Fsp3) is 0.600. The summed E-state index contributed by atoms with van der Waals surface area (Å²) in [5, 5.41) is 9.29. The van der Waals surface area contributed by atoms with Crippen LogP contribution in [0.25, 0.3) is 0 Å². The van der Waals surface area contributed by atoms with Gasteiger partial charge in [0.2, 0.25) is 0 Å². The first-order valence-electron chi connectivity index (χ1n) is 4.93. The van der Waals surface area contributed by atoms with Crippen LogP contribution < -0.4 is 0 Å². The van der Waals surface area contributed by atoms with Crippen molar-refractivity contribution in [1.29, 1.82) is 0 Å². The van der Waals surface area contributed by atoms with Gasteiger partial charge in [0, 0.05) is 11.1 Å². The minimum Gasteiger partial charge on any atom is -0.481 e. The maximum Gasteiger partial charge on any atom is 0.313 e. The van der Waals surface area contributed by atoms with E-state index in [-0.39, 0.29) is 11.2 Å². The maximum atomic E-state index is 10.4. The number of nitrogens with one attached hydrogen (secondary N) is 1. The molecule has 1 aromatic rings. The highest BCUT2D eigenvalue weighted by Gasteiger charge is 2.33. The number of aromatic amines is 1. The van der Waals surface area contributed by atoms with Crippen LogP contribution in [0.2, 0.25) is 0 Å². The van der Waals surface area contributed by atoms with Crippen LogP contribution in [0.3, 0.4) is 0 Å². The predicted molar refractivity (Wildman–Crippen MR) is 58.3 cm³/mol. The SMILES string of the molecule is CC1(C)CCc2[nH]c(SCC(=O)O)nc21. The molecule has 2 N–H and O–H groups in total. The molecule has 15 heavy (non-hydrogen) atoms. The lowest BCUT2D eigenvalue weighted by Crippen LogP contribution is -2.12. The van der Waals surface area contributed by atoms with Crippen molar-refractivity contribution in [2.75, 3.05) is 5.75 Å². The van der Waals surface area contributed by atoms with E-state index >= 15 is 0 Å². The van der Waals surface area contributed by atoms with Crippen LogP contribution in [0.4, 0.5) is 0 Å². The fourth-order valence-corrected chi connectivity index (χ4v) is 2.49. The highest BCUT2D eigenvalue weighted by atomic mass is 32.2. The Morgan fingerprint density at radius 3 is 3.00 bits per heavy atom. The lowest BCUT2D eigenvalue weighted by molar-refractivity contribution is -0.133. The van der Waals surface area contributed by atoms with Gasteiger partial charge >= 0.3 is 5.97 Å². The first-order chi connectivity index (χ1) is 6.99. The molecule has 0 saturated heterocycles. The molecular formula is C10H14N2O2S. The predicted octanol–water partition coefficient (Wildman–Crippen LogP) is 1.81. The third kappa shape index (κ3) is 2.02. The van der Waals surface area contributed by atoms with Crippen LogP contribution in [-0.2, 0) is 16.6 Å². The molecule has 1 aromatic heterocycles. The van der Waals surface area contributed by atoms with Crippen LogP contribution in [-0.4, -0.2) is 26.8 Å². The summed E-state index contributed by atoms with van der Waals surface area (Å²) in [4.78, 5) is 18.1. The molecule has 0 spiro atoms. The van der Waals surface area contributed by atoms with Crippen molar-refractivity contribution in [3.8, 4) is 0 Å². The van der Waals surface area contributed by atoms with Crippen LogP contribution in [0.5, 0.6) is 0 Å². The Bertz CT molecular complexity index is 398. The monoisotopic (exact) mass is 226 g/mol. The maximum absolute atomic E-state index is 10.4. The molecule has 0 bridgehead atoms. The first-order valence-corrected chi connectivity index (χ1v) is 5.91. The van der Waals surface area contributed by atoms with E-state index in [9.17, 15) is 4.79 Å². The van der Waals surface area contributed by atoms with E-state index in [1.165, 1.54) is 17.5 Å². The number of fused-ring (bicyclic) bond motifs is 1. The van der Waals surface area contributed by atoms with Crippen molar-refractivity contribution >= 4 is 17.7 Å². The van der Waals surface area contributed by atoms with Crippen LogP contribution in [0.15, 0.2) is 5.16 Å². The van der Waals surface area contributed by atoms with Gasteiger partial charge in [-0.05, 0) is 12.8 Å². The second kappa shape index (κ2) is 3.56. The number of rotatable bonds is 3. The average Bonchev–Trinajstić information content (AvgIpc) is 2.65. The third-order valence-electron chi connectivity index (χ3n) is 2.73. The highest BCUT2D eigenvalue weighted by Crippen LogP contribution is 2.37. The van der Waals surface area contributed by atoms with Gasteiger partial charge in [-0.1, -0.05) is 25.6 Å². The summed E-state index contributed by atoms with van der Waals surface area (Å²) < 4.78 is 0. The van der Waals surface area contributed by atoms with Gasteiger partial charge in [0.05, 0.1) is 11.4 Å². The Morgan fingerprint density at radius 1 is 1.67 bits per heavy atom. The number of carboxylic acids is 1. The van der Waals surface area contributed by atoms with Gasteiger partial charge in [-0.15, -0.1) is 0 Å². The summed E-state index contributed by atoms with van der Waals surface area (Å²) in [6.07, 6.45) is 2.13. The van der Waals surface area contributed by atoms with Gasteiger partial charge in [0.25, 0.3) is 0 Å². The number of carboxylic acid groups (broad SMARTS) is 1. The summed E-state index contributed by atoms with van der Waals surface area (Å²) >= 11 is 1.25. The lowest BCUT2D eigenvalue weighted by atomic mass is 9.91. The van der Waals surface area contributed by atoms with Crippen molar-refractivity contribution in [2.45, 2.75) is 37.3 Å². The van der Waals surface area contributed by atoms with Gasteiger partial charge in [-0.2, -0.15) is 0 Å². The lowest BCUT2D eigenvalue weighted by Gasteiger charge is -2.14. The van der Waals surface area contributed by atoms with Gasteiger partial charge < -0.3 is 10.1 Å². The molecule has 0 aromatic carbocycles. The Labute approximate surface area is 92.5 Å². The molecule has 0 fully saturated rings. The number of hydrogen-bond donors (Lipinski definition) is 2. The molecule has 0 unspecified atom stereocenters. The normalized spacial score (nSPS) is 17.7. The Kier molecular flexibility index (Phi) is 2.50. The Balaban J connectivity index is 2.15. The van der Waals surface area contributed by atoms with E-state index in [1.807, 2.05) is 0 Å². The molecule has 0 saturated carbocycles. The quantitative estimate of drug-likeness (QED) is 0.771. The Morgan fingerprint density at radius 2 is 2.40 bits per heavy atom. The highest BCUT2D eigenvalue weighted by molar-refractivity contribution is 7.99. The summed E-state index contributed by atoms with van der Waals surface area (Å²) in [7, 11) is 0. The minimum atomic E-state index is -0.809. The van der Waals surface area contributed by atoms with Crippen LogP contribution in [0, 0.1) is 0 Å². The molecule has 0 aliphatic heterocycles. The van der Waals surface area contributed by atoms with Gasteiger partial charge in [-0.3, -0.25) is 4.79 Å². The number of H-pyrrole nitrogens is 1. The molecule has 0 atom stereocenters. The van der Waals surface area contributed by atoms with Crippen molar-refractivity contribution in [1.82, 2.24) is 9.97 Å². The number of hydrogen-bond acceptors (Lipinski definition) is 3. The van der Waals surface area contributed by atoms with E-state index in [0.29, 0.717) is 0 Å². The molecule has 4 nitrogen and oxygen atoms in total. The summed E-state index contributed by atoms with van der Waals surface area (Å²) in [6.45, 7) is 4.34. The van der Waals surface area contributed by atoms with E-state index in [2.05, 4.69) is 23.8 Å². The number of aliphatic carboxylic acids is 1. The van der Waals surface area contributed by atoms with E-state index in [0.717, 1.165) is 23.7 Å². The first kappa shape index (κ1) is 10.5. The smallest absolute Gasteiger partial charge is 0.313 e. The summed E-state index contributed by atoms with van der Waals surface area (Å²) in [5.41, 5.74) is 2.41. The molecule has 1 aliphatic carbocycles. The van der Waals surface area contributed by atoms with E-state index in [4.69, 9.17) is 5.11 Å². The molecule has 0 amide bonds. The topological polar surface area (TPSA) is 66.0 Å². The minimum absolute atomic E-state index is 0.0623. The number of nitrogens with zero attached hydrogens (tertiary/aromatic N) is 1. The molecule has 1 aliphatic rings. The number of thioether (sulfide) groups is 1. The van der Waals surface area contributed by atoms with Crippen molar-refractivity contribution < 1.29 is 9.90 Å². The molecule has 2 rings (SSSR count). The zero-order valence-electron chi connectivity index (χ0n) is 8.83. The largest absolute Gasteiger partial charge is 0.481 e. The Hall–Kier alpha value is -0.970. The fourth-order valence-electron chi connectivity index (χ4n) is 1.88. The zero-order chi connectivity index (χ0) is 11.1. The standard InChI is InChI=1S/C10H14N2O2S/c1-10(2)4-3-6-8(10)12-9(11-6)15-5-7(13)14/h3-5H2,1-2H3,(H,11,12)(H,13,14). The number of aromatic nitrogens is 2. The van der Waals surface area contributed by atoms with Crippen molar-refractivity contribution in [3.05, 3.63) is 11.4 Å². The van der Waals surface area contributed by atoms with Gasteiger partial charge in [0.1, 0.15) is 0 Å². The average molecular weight is 226 g/mol. The number of carbonyl (C=O) groups is 1. The third-order valence-corrected chi connectivity index (χ3v) is 3.59. The van der Waals surface area contributed by atoms with Crippen molar-refractivity contribution in [2.24, 2.45) is 0 Å². The molecular weight excluding hydrogens is 212 g/mol. The van der Waals surface area contributed by atoms with Gasteiger partial charge in [-0.25, -0.2) is 4.98 Å². The van der Waals surface area contributed by atoms with E-state index < -0.39 is 5.97 Å². The summed E-state index contributed by atoms with van der Waals surface area (Å²) in [6, 6.07) is 0. The second-order valence-electron chi connectivity index (χ2n) is 4.44. The number of imidazole rings is 1. The van der Waals surface area contributed by atoms with Crippen LogP contribution in [0.1, 0.15) is 31.7 Å². The molecule has 5 heteroatoms. The van der Waals surface area contributed by atoms with Crippen LogP contribution >= 0.6 is 11.8 Å². The molecule has 1 heterocycles. The molecule has 82 valence electrons. The zero-order valence-corrected chi connectivity index (χ0v) is 9.65. The molecule has 0 radical (unpaired) electrons. The van der Waals surface area contributed by atoms with Gasteiger partial charge in [0.15, 0.2) is 5.16 Å². The summed E-state index contributed by atoms with van der Waals surface area (Å²) in [5.74, 6) is -0.747. The second-order valence-corrected chi connectivity index (χ2v) is 5.40. The number of aryl methyl sites for hydroxylation is 1. The van der Waals surface area contributed by atoms with Crippen molar-refractivity contribution in [3.63, 3.8) is 0 Å². The van der Waals surface area contributed by atoms with E-state index in [1.54, 1.807) is 0 Å².